The highest BCUT2D eigenvalue weighted by atomic mass is 35.6. The molecule has 1 aliphatic heterocycles. The summed E-state index contributed by atoms with van der Waals surface area (Å²) < 4.78 is 10.4. The number of nitrogens with one attached hydrogen (secondary N) is 1. The molecule has 0 radical (unpaired) electrons. The number of hydrogen-bond donors (Lipinski definition) is 1. The highest BCUT2D eigenvalue weighted by Gasteiger charge is 2.31. The van der Waals surface area contributed by atoms with Crippen molar-refractivity contribution in [2.24, 2.45) is 13.8 Å². The molecule has 1 aromatic rings. The van der Waals surface area contributed by atoms with Crippen LogP contribution in [0.1, 0.15) is 26.3 Å². The Labute approximate surface area is 142 Å². The zero-order valence-electron chi connectivity index (χ0n) is 11.8. The van der Waals surface area contributed by atoms with Crippen LogP contribution >= 0.6 is 34.8 Å². The molecule has 8 heteroatoms. The lowest BCUT2D eigenvalue weighted by Gasteiger charge is -2.23. The van der Waals surface area contributed by atoms with Gasteiger partial charge in [-0.3, -0.25) is 0 Å². The van der Waals surface area contributed by atoms with Crippen LogP contribution in [-0.4, -0.2) is 21.0 Å². The Kier molecular flexibility index (Phi) is 5.11. The molecule has 0 bridgehead atoms. The number of aliphatic imine (C=N–C) groups is 1. The first-order valence-corrected chi connectivity index (χ1v) is 8.46. The van der Waals surface area contributed by atoms with Crippen LogP contribution in [0.25, 0.3) is 0 Å². The Bertz CT molecular complexity index is 613. The van der Waals surface area contributed by atoms with E-state index in [1.807, 2.05) is 51.1 Å². The van der Waals surface area contributed by atoms with E-state index in [0.717, 1.165) is 5.56 Å². The number of benzene rings is 1. The fourth-order valence-electron chi connectivity index (χ4n) is 1.46. The summed E-state index contributed by atoms with van der Waals surface area (Å²) in [6.07, 6.45) is 0. The van der Waals surface area contributed by atoms with Crippen LogP contribution in [0, 0.1) is 0 Å². The van der Waals surface area contributed by atoms with Gasteiger partial charge in [0.1, 0.15) is 0 Å². The summed E-state index contributed by atoms with van der Waals surface area (Å²) in [5.74, 6) is 0.647. The molecule has 0 amide bonds. The zero-order chi connectivity index (χ0) is 15.7. The Morgan fingerprint density at radius 1 is 1.05 bits per heavy atom. The van der Waals surface area contributed by atoms with Crippen molar-refractivity contribution in [3.8, 4) is 0 Å². The molecule has 0 aromatic heterocycles. The van der Waals surface area contributed by atoms with Gasteiger partial charge in [0.05, 0.1) is 11.1 Å². The van der Waals surface area contributed by atoms with E-state index in [1.165, 1.54) is 0 Å². The molecule has 2 rings (SSSR count). The predicted molar refractivity (Wildman–Crippen MR) is 93.4 cm³/mol. The molecule has 4 nitrogen and oxygen atoms in total. The van der Waals surface area contributed by atoms with E-state index in [2.05, 4.69) is 18.5 Å². The molecule has 1 unspecified atom stereocenters. The Morgan fingerprint density at radius 2 is 1.67 bits per heavy atom. The molecule has 21 heavy (non-hydrogen) atoms. The van der Waals surface area contributed by atoms with Crippen LogP contribution in [-0.2, 0) is 11.1 Å². The monoisotopic (exact) mass is 364 g/mol. The SMILES string of the molecule is CC(C)(C)NS1=NC(C(Cl)(Cl)Cl)=NC(c2ccccc2)=N1. The second-order valence-electron chi connectivity index (χ2n) is 5.42. The van der Waals surface area contributed by atoms with Gasteiger partial charge in [-0.25, -0.2) is 9.71 Å². The maximum Gasteiger partial charge on any atom is 0.250 e. The molecule has 1 aliphatic rings. The van der Waals surface area contributed by atoms with Gasteiger partial charge in [-0.15, -0.1) is 0 Å². The standard InChI is InChI=1S/C13H15Cl3N4S/c1-12(2,3)20-21-18-10(9-7-5-4-6-8-9)17-11(19-21)13(14,15)16/h4-8H,1-3H3,(H,17,18,19,20). The third kappa shape index (κ3) is 5.04. The van der Waals surface area contributed by atoms with Gasteiger partial charge in [0.2, 0.25) is 0 Å². The molecule has 1 N–H and O–H groups in total. The number of nitrogens with zero attached hydrogens (tertiary/aromatic N) is 3. The molecule has 0 fully saturated rings. The van der Waals surface area contributed by atoms with Crippen LogP contribution in [0.15, 0.2) is 44.1 Å². The summed E-state index contributed by atoms with van der Waals surface area (Å²) in [6, 6.07) is 9.54. The summed E-state index contributed by atoms with van der Waals surface area (Å²) in [6.45, 7) is 6.07. The van der Waals surface area contributed by atoms with E-state index in [4.69, 9.17) is 34.8 Å². The molecule has 114 valence electrons. The van der Waals surface area contributed by atoms with Gasteiger partial charge >= 0.3 is 0 Å². The number of halogens is 3. The molecule has 1 aromatic carbocycles. The van der Waals surface area contributed by atoms with Crippen molar-refractivity contribution in [3.63, 3.8) is 0 Å². The first kappa shape index (κ1) is 16.9. The van der Waals surface area contributed by atoms with E-state index >= 15 is 0 Å². The quantitative estimate of drug-likeness (QED) is 0.783. The fourth-order valence-corrected chi connectivity index (χ4v) is 3.20. The van der Waals surface area contributed by atoms with E-state index in [-0.39, 0.29) is 11.4 Å². The molecular weight excluding hydrogens is 351 g/mol. The van der Waals surface area contributed by atoms with Crippen LogP contribution in [0.2, 0.25) is 0 Å². The van der Waals surface area contributed by atoms with Crippen molar-refractivity contribution < 1.29 is 0 Å². The van der Waals surface area contributed by atoms with Crippen molar-refractivity contribution in [1.82, 2.24) is 4.72 Å². The number of amidine groups is 2. The maximum atomic E-state index is 5.93. The highest BCUT2D eigenvalue weighted by Crippen LogP contribution is 2.30. The minimum atomic E-state index is -1.68. The normalized spacial score (nSPS) is 19.6. The van der Waals surface area contributed by atoms with Gasteiger partial charge in [0, 0.05) is 11.1 Å². The fraction of sp³-hybridized carbons (Fsp3) is 0.385. The second-order valence-corrected chi connectivity index (χ2v) is 8.80. The van der Waals surface area contributed by atoms with Gasteiger partial charge in [-0.05, 0) is 20.8 Å². The van der Waals surface area contributed by atoms with Gasteiger partial charge in [0.15, 0.2) is 11.7 Å². The van der Waals surface area contributed by atoms with Crippen molar-refractivity contribution in [3.05, 3.63) is 35.9 Å². The van der Waals surface area contributed by atoms with Crippen LogP contribution < -0.4 is 4.72 Å². The summed E-state index contributed by atoms with van der Waals surface area (Å²) >= 11 is 16.9. The van der Waals surface area contributed by atoms with E-state index in [0.29, 0.717) is 5.84 Å². The molecule has 0 aliphatic carbocycles. The zero-order valence-corrected chi connectivity index (χ0v) is 14.9. The summed E-state index contributed by atoms with van der Waals surface area (Å²) in [4.78, 5) is 4.27. The molecule has 0 spiro atoms. The Hall–Kier alpha value is -0.460. The molecule has 0 saturated heterocycles. The second kappa shape index (κ2) is 6.34. The number of hydrogen-bond acceptors (Lipinski definition) is 4. The van der Waals surface area contributed by atoms with Crippen LogP contribution in [0.4, 0.5) is 0 Å². The average molecular weight is 366 g/mol. The smallest absolute Gasteiger partial charge is 0.231 e. The van der Waals surface area contributed by atoms with Gasteiger partial charge in [-0.2, -0.15) is 8.76 Å². The summed E-state index contributed by atoms with van der Waals surface area (Å²) in [5, 5.41) is 0. The maximum absolute atomic E-state index is 5.93. The predicted octanol–water partition coefficient (Wildman–Crippen LogP) is 4.24. The number of rotatable bonds is 2. The highest BCUT2D eigenvalue weighted by molar-refractivity contribution is 7.84. The van der Waals surface area contributed by atoms with Crippen LogP contribution in [0.3, 0.4) is 0 Å². The number of alkyl halides is 3. The van der Waals surface area contributed by atoms with Crippen molar-refractivity contribution in [2.75, 3.05) is 0 Å². The van der Waals surface area contributed by atoms with Crippen molar-refractivity contribution in [2.45, 2.75) is 30.1 Å². The first-order valence-electron chi connectivity index (χ1n) is 6.19. The van der Waals surface area contributed by atoms with Gasteiger partial charge in [-0.1, -0.05) is 65.1 Å². The lowest BCUT2D eigenvalue weighted by Crippen LogP contribution is -2.38. The molecular formula is C13H15Cl3N4S. The summed E-state index contributed by atoms with van der Waals surface area (Å²) in [5.41, 5.74) is 0.681. The Balaban J connectivity index is 2.45. The largest absolute Gasteiger partial charge is 0.250 e. The Morgan fingerprint density at radius 3 is 2.19 bits per heavy atom. The van der Waals surface area contributed by atoms with E-state index < -0.39 is 14.9 Å². The molecule has 0 saturated carbocycles. The topological polar surface area (TPSA) is 49.1 Å². The lowest BCUT2D eigenvalue weighted by atomic mass is 10.1. The molecule has 1 heterocycles. The third-order valence-corrected chi connectivity index (χ3v) is 4.23. The average Bonchev–Trinajstić information content (AvgIpc) is 2.36. The van der Waals surface area contributed by atoms with Gasteiger partial charge < -0.3 is 0 Å². The lowest BCUT2D eigenvalue weighted by molar-refractivity contribution is 0.533. The van der Waals surface area contributed by atoms with Crippen molar-refractivity contribution in [1.29, 1.82) is 0 Å². The van der Waals surface area contributed by atoms with Crippen LogP contribution in [0.5, 0.6) is 0 Å². The van der Waals surface area contributed by atoms with E-state index in [9.17, 15) is 0 Å². The van der Waals surface area contributed by atoms with E-state index in [1.54, 1.807) is 0 Å². The minimum Gasteiger partial charge on any atom is -0.231 e. The summed E-state index contributed by atoms with van der Waals surface area (Å²) in [7, 11) is 0. The molecule has 1 atom stereocenters. The third-order valence-electron chi connectivity index (χ3n) is 2.24. The van der Waals surface area contributed by atoms with Crippen molar-refractivity contribution >= 4 is 57.5 Å². The minimum absolute atomic E-state index is 0.140. The van der Waals surface area contributed by atoms with Gasteiger partial charge in [0.25, 0.3) is 3.79 Å². The first-order chi connectivity index (χ1) is 9.65.